The highest BCUT2D eigenvalue weighted by atomic mass is 35.5. The molecular formula is C17H19Cl2NS. The van der Waals surface area contributed by atoms with Crippen molar-refractivity contribution < 1.29 is 0 Å². The summed E-state index contributed by atoms with van der Waals surface area (Å²) < 4.78 is 0. The fraction of sp³-hybridized carbons (Fsp3) is 0.294. The van der Waals surface area contributed by atoms with Crippen LogP contribution in [-0.4, -0.2) is 6.54 Å². The molecule has 0 spiro atoms. The van der Waals surface area contributed by atoms with Crippen LogP contribution in [0.4, 0.5) is 0 Å². The summed E-state index contributed by atoms with van der Waals surface area (Å²) in [5.74, 6) is 0. The summed E-state index contributed by atoms with van der Waals surface area (Å²) in [6.45, 7) is 5.33. The van der Waals surface area contributed by atoms with Gasteiger partial charge in [0.2, 0.25) is 0 Å². The molecule has 0 aliphatic carbocycles. The van der Waals surface area contributed by atoms with Gasteiger partial charge in [0.15, 0.2) is 0 Å². The highest BCUT2D eigenvalue weighted by Crippen LogP contribution is 2.37. The molecule has 1 N–H and O–H groups in total. The Bertz CT molecular complexity index is 601. The zero-order valence-corrected chi connectivity index (χ0v) is 14.5. The third-order valence-electron chi connectivity index (χ3n) is 3.21. The molecule has 4 heteroatoms. The predicted octanol–water partition coefficient (Wildman–Crippen LogP) is 6.21. The van der Waals surface area contributed by atoms with Gasteiger partial charge in [0.05, 0.1) is 10.0 Å². The van der Waals surface area contributed by atoms with Gasteiger partial charge in [-0.1, -0.05) is 60.1 Å². The van der Waals surface area contributed by atoms with Crippen molar-refractivity contribution in [1.82, 2.24) is 5.32 Å². The first-order valence-corrected chi connectivity index (χ1v) is 8.64. The van der Waals surface area contributed by atoms with Gasteiger partial charge in [-0.3, -0.25) is 0 Å². The highest BCUT2D eigenvalue weighted by Gasteiger charge is 2.10. The van der Waals surface area contributed by atoms with Crippen LogP contribution in [-0.2, 0) is 0 Å². The van der Waals surface area contributed by atoms with E-state index in [9.17, 15) is 0 Å². The van der Waals surface area contributed by atoms with Gasteiger partial charge in [-0.2, -0.15) is 0 Å². The third kappa shape index (κ3) is 4.65. The third-order valence-corrected chi connectivity index (χ3v) is 5.23. The molecule has 0 saturated heterocycles. The lowest BCUT2D eigenvalue weighted by molar-refractivity contribution is 0.570. The van der Waals surface area contributed by atoms with Gasteiger partial charge in [-0.25, -0.2) is 0 Å². The minimum absolute atomic E-state index is 0.307. The van der Waals surface area contributed by atoms with Crippen LogP contribution in [0.5, 0.6) is 0 Å². The second-order valence-corrected chi connectivity index (χ2v) is 6.80. The molecule has 0 aromatic heterocycles. The first-order valence-electron chi connectivity index (χ1n) is 7.07. The van der Waals surface area contributed by atoms with Crippen molar-refractivity contribution in [1.29, 1.82) is 0 Å². The second kappa shape index (κ2) is 8.09. The maximum Gasteiger partial charge on any atom is 0.0548 e. The van der Waals surface area contributed by atoms with Crippen molar-refractivity contribution in [3.05, 3.63) is 58.1 Å². The van der Waals surface area contributed by atoms with Crippen molar-refractivity contribution in [2.45, 2.75) is 36.1 Å². The molecule has 2 rings (SSSR count). The van der Waals surface area contributed by atoms with Gasteiger partial charge in [-0.05, 0) is 49.7 Å². The fourth-order valence-corrected chi connectivity index (χ4v) is 3.39. The molecule has 0 saturated carbocycles. The molecular weight excluding hydrogens is 321 g/mol. The summed E-state index contributed by atoms with van der Waals surface area (Å²) in [7, 11) is 0. The molecule has 1 unspecified atom stereocenters. The van der Waals surface area contributed by atoms with E-state index in [0.29, 0.717) is 6.04 Å². The number of nitrogens with one attached hydrogen (secondary N) is 1. The molecule has 0 fully saturated rings. The Kier molecular flexibility index (Phi) is 6.43. The summed E-state index contributed by atoms with van der Waals surface area (Å²) >= 11 is 14.2. The van der Waals surface area contributed by atoms with Gasteiger partial charge in [-0.15, -0.1) is 0 Å². The van der Waals surface area contributed by atoms with E-state index in [2.05, 4.69) is 31.3 Å². The summed E-state index contributed by atoms with van der Waals surface area (Å²) in [4.78, 5) is 2.04. The predicted molar refractivity (Wildman–Crippen MR) is 93.7 cm³/mol. The number of halogens is 2. The van der Waals surface area contributed by atoms with Crippen molar-refractivity contribution in [3.63, 3.8) is 0 Å². The van der Waals surface area contributed by atoms with Crippen molar-refractivity contribution >= 4 is 35.0 Å². The number of hydrogen-bond donors (Lipinski definition) is 1. The zero-order chi connectivity index (χ0) is 15.2. The first-order chi connectivity index (χ1) is 10.1. The lowest BCUT2D eigenvalue weighted by Crippen LogP contribution is -2.19. The Morgan fingerprint density at radius 1 is 1.05 bits per heavy atom. The normalized spacial score (nSPS) is 12.4. The van der Waals surface area contributed by atoms with Crippen LogP contribution in [0.15, 0.2) is 52.3 Å². The van der Waals surface area contributed by atoms with Crippen molar-refractivity contribution in [2.24, 2.45) is 0 Å². The Morgan fingerprint density at radius 3 is 2.43 bits per heavy atom. The Hall–Kier alpha value is -0.670. The van der Waals surface area contributed by atoms with Crippen LogP contribution in [0.2, 0.25) is 10.0 Å². The zero-order valence-electron chi connectivity index (χ0n) is 12.2. The van der Waals surface area contributed by atoms with Crippen LogP contribution >= 0.6 is 35.0 Å². The molecule has 0 aliphatic rings. The summed E-state index contributed by atoms with van der Waals surface area (Å²) in [5, 5.41) is 4.98. The van der Waals surface area contributed by atoms with Gasteiger partial charge in [0, 0.05) is 15.8 Å². The molecule has 0 amide bonds. The fourth-order valence-electron chi connectivity index (χ4n) is 1.99. The lowest BCUT2D eigenvalue weighted by atomic mass is 10.1. The number of benzene rings is 2. The lowest BCUT2D eigenvalue weighted by Gasteiger charge is -2.15. The van der Waals surface area contributed by atoms with E-state index in [4.69, 9.17) is 23.2 Å². The van der Waals surface area contributed by atoms with E-state index in [0.717, 1.165) is 32.8 Å². The van der Waals surface area contributed by atoms with E-state index in [1.165, 1.54) is 5.56 Å². The van der Waals surface area contributed by atoms with Crippen LogP contribution in [0.3, 0.4) is 0 Å². The van der Waals surface area contributed by atoms with Gasteiger partial charge in [0.1, 0.15) is 0 Å². The quantitative estimate of drug-likeness (QED) is 0.671. The standard InChI is InChI=1S/C17H19Cl2NS/c1-3-10-20-12(2)13-8-9-17(15(19)11-13)21-16-7-5-4-6-14(16)18/h4-9,11-12,20H,3,10H2,1-2H3. The SMILES string of the molecule is CCCNC(C)c1ccc(Sc2ccccc2Cl)c(Cl)c1. The molecule has 0 heterocycles. The molecule has 0 radical (unpaired) electrons. The minimum Gasteiger partial charge on any atom is -0.310 e. The highest BCUT2D eigenvalue weighted by molar-refractivity contribution is 7.99. The van der Waals surface area contributed by atoms with Gasteiger partial charge < -0.3 is 5.32 Å². The maximum absolute atomic E-state index is 6.42. The molecule has 1 atom stereocenters. The topological polar surface area (TPSA) is 12.0 Å². The Labute approximate surface area is 141 Å². The summed E-state index contributed by atoms with van der Waals surface area (Å²) in [5.41, 5.74) is 1.21. The average molecular weight is 340 g/mol. The minimum atomic E-state index is 0.307. The van der Waals surface area contributed by atoms with E-state index in [1.54, 1.807) is 11.8 Å². The molecule has 21 heavy (non-hydrogen) atoms. The van der Waals surface area contributed by atoms with E-state index >= 15 is 0 Å². The molecule has 0 aliphatic heterocycles. The molecule has 1 nitrogen and oxygen atoms in total. The van der Waals surface area contributed by atoms with Gasteiger partial charge in [0.25, 0.3) is 0 Å². The smallest absolute Gasteiger partial charge is 0.0548 e. The van der Waals surface area contributed by atoms with E-state index in [-0.39, 0.29) is 0 Å². The molecule has 2 aromatic rings. The molecule has 2 aromatic carbocycles. The number of hydrogen-bond acceptors (Lipinski definition) is 2. The van der Waals surface area contributed by atoms with Crippen molar-refractivity contribution in [2.75, 3.05) is 6.54 Å². The average Bonchev–Trinajstić information content (AvgIpc) is 2.49. The van der Waals surface area contributed by atoms with Crippen LogP contribution in [0.1, 0.15) is 31.9 Å². The second-order valence-electron chi connectivity index (χ2n) is 4.90. The molecule has 0 bridgehead atoms. The van der Waals surface area contributed by atoms with Gasteiger partial charge >= 0.3 is 0 Å². The number of rotatable bonds is 6. The largest absolute Gasteiger partial charge is 0.310 e. The summed E-state index contributed by atoms with van der Waals surface area (Å²) in [6, 6.07) is 14.3. The van der Waals surface area contributed by atoms with Crippen molar-refractivity contribution in [3.8, 4) is 0 Å². The van der Waals surface area contributed by atoms with Crippen LogP contribution < -0.4 is 5.32 Å². The summed E-state index contributed by atoms with van der Waals surface area (Å²) in [6.07, 6.45) is 1.12. The monoisotopic (exact) mass is 339 g/mol. The molecule has 112 valence electrons. The first kappa shape index (κ1) is 16.7. The maximum atomic E-state index is 6.42. The van der Waals surface area contributed by atoms with E-state index in [1.807, 2.05) is 30.3 Å². The van der Waals surface area contributed by atoms with Crippen LogP contribution in [0, 0.1) is 0 Å². The Balaban J connectivity index is 2.14. The van der Waals surface area contributed by atoms with E-state index < -0.39 is 0 Å². The van der Waals surface area contributed by atoms with Crippen LogP contribution in [0.25, 0.3) is 0 Å². The Morgan fingerprint density at radius 2 is 1.76 bits per heavy atom.